The van der Waals surface area contributed by atoms with E-state index < -0.39 is 14.3 Å². The van der Waals surface area contributed by atoms with Crippen LogP contribution in [0.15, 0.2) is 0 Å². The monoisotopic (exact) mass is 280 g/mol. The van der Waals surface area contributed by atoms with Crippen molar-refractivity contribution in [1.29, 1.82) is 0 Å². The number of rotatable bonds is 6. The zero-order chi connectivity index (χ0) is 13.9. The van der Waals surface area contributed by atoms with Gasteiger partial charge in [0.05, 0.1) is 5.73 Å². The largest absolute Gasteiger partial charge is 0.622 e. The molecule has 0 saturated carbocycles. The summed E-state index contributed by atoms with van der Waals surface area (Å²) in [6.45, 7) is 10.3. The van der Waals surface area contributed by atoms with Gasteiger partial charge in [0.2, 0.25) is 0 Å². The van der Waals surface area contributed by atoms with Crippen molar-refractivity contribution < 1.29 is 22.5 Å². The van der Waals surface area contributed by atoms with Crippen molar-refractivity contribution in [2.45, 2.75) is 46.4 Å². The van der Waals surface area contributed by atoms with E-state index in [-0.39, 0.29) is 5.97 Å². The van der Waals surface area contributed by atoms with Crippen LogP contribution in [0.2, 0.25) is 6.55 Å². The Morgan fingerprint density at radius 1 is 1.29 bits per heavy atom. The number of carbonyl (C=O) groups excluding carboxylic acids is 1. The second-order valence-corrected chi connectivity index (χ2v) is 7.19. The molecule has 0 aliphatic heterocycles. The molecule has 0 spiro atoms. The molecule has 0 fully saturated rings. The van der Waals surface area contributed by atoms with Crippen molar-refractivity contribution in [2.75, 3.05) is 13.2 Å². The maximum absolute atomic E-state index is 9.65. The van der Waals surface area contributed by atoms with Crippen molar-refractivity contribution in [3.05, 3.63) is 0 Å². The summed E-state index contributed by atoms with van der Waals surface area (Å²) in [6, 6.07) is 0. The first-order chi connectivity index (χ1) is 7.87. The third-order valence-corrected chi connectivity index (χ3v) is 6.06. The third kappa shape index (κ3) is 9.77. The van der Waals surface area contributed by atoms with E-state index in [2.05, 4.69) is 3.79 Å². The average Bonchev–Trinajstić information content (AvgIpc) is 2.29. The molecule has 1 N–H and O–H groups in total. The van der Waals surface area contributed by atoms with Gasteiger partial charge in [-0.25, -0.2) is 0 Å². The molecule has 0 aromatic rings. The Kier molecular flexibility index (Phi) is 12.8. The summed E-state index contributed by atoms with van der Waals surface area (Å²) in [6.07, 6.45) is 0.697. The Labute approximate surface area is 113 Å². The second kappa shape index (κ2) is 11.2. The van der Waals surface area contributed by atoms with Crippen LogP contribution in [0.25, 0.3) is 0 Å². The number of hydrogen-bond donors (Lipinski definition) is 1. The van der Waals surface area contributed by atoms with Crippen molar-refractivity contribution in [3.63, 3.8) is 0 Å². The zero-order valence-corrected chi connectivity index (χ0v) is 14.8. The molecule has 1 unspecified atom stereocenters. The fourth-order valence-electron chi connectivity index (χ4n) is 1.18. The average molecular weight is 280 g/mol. The Hall–Kier alpha value is 0.0994. The van der Waals surface area contributed by atoms with Gasteiger partial charge in [-0.1, -0.05) is 6.92 Å². The normalized spacial score (nSPS) is 12.4. The molecule has 102 valence electrons. The molecule has 0 rings (SSSR count). The van der Waals surface area contributed by atoms with Gasteiger partial charge in [0.1, 0.15) is 0 Å². The van der Waals surface area contributed by atoms with Crippen LogP contribution in [0.5, 0.6) is 0 Å². The van der Waals surface area contributed by atoms with E-state index >= 15 is 0 Å². The molecule has 0 heterocycles. The molecule has 1 atom stereocenters. The summed E-state index contributed by atoms with van der Waals surface area (Å²) in [5.41, 5.74) is -0.419. The van der Waals surface area contributed by atoms with Crippen molar-refractivity contribution in [1.82, 2.24) is 0 Å². The lowest BCUT2D eigenvalue weighted by atomic mass is 10.5. The molecule has 0 aromatic carbocycles. The zero-order valence-electron chi connectivity index (χ0n) is 11.8. The van der Waals surface area contributed by atoms with Gasteiger partial charge in [-0.3, -0.25) is 4.79 Å². The topological polar surface area (TPSA) is 65.0 Å². The number of aliphatic hydroxyl groups is 1. The van der Waals surface area contributed by atoms with E-state index in [1.54, 1.807) is 0 Å². The highest BCUT2D eigenvalue weighted by Crippen LogP contribution is 2.14. The smallest absolute Gasteiger partial charge is 0.499 e. The molecule has 0 aromatic heterocycles. The van der Waals surface area contributed by atoms with Gasteiger partial charge in [0.25, 0.3) is 5.97 Å². The highest BCUT2D eigenvalue weighted by atomic mass is 28.4. The summed E-state index contributed by atoms with van der Waals surface area (Å²) >= 11 is 0.524. The quantitative estimate of drug-likeness (QED) is 0.719. The van der Waals surface area contributed by atoms with E-state index in [0.29, 0.717) is 36.3 Å². The minimum atomic E-state index is -2.30. The fourth-order valence-corrected chi connectivity index (χ4v) is 3.53. The minimum Gasteiger partial charge on any atom is -0.622 e. The Morgan fingerprint density at radius 3 is 1.82 bits per heavy atom. The van der Waals surface area contributed by atoms with Crippen LogP contribution >= 0.6 is 0 Å². The lowest BCUT2D eigenvalue weighted by Gasteiger charge is -2.29. The van der Waals surface area contributed by atoms with E-state index in [0.717, 1.165) is 0 Å². The molecule has 0 bridgehead atoms. The van der Waals surface area contributed by atoms with Crippen molar-refractivity contribution in [3.8, 4) is 0 Å². The molecular weight excluding hydrogens is 255 g/mol. The molecule has 0 saturated heterocycles. The molecule has 0 amide bonds. The highest BCUT2D eigenvalue weighted by molar-refractivity contribution is 6.67. The molecule has 7 heteroatoms. The van der Waals surface area contributed by atoms with Gasteiger partial charge in [0.15, 0.2) is 0 Å². The number of hydrogen-bond acceptors (Lipinski definition) is 5. The first-order valence-electron chi connectivity index (χ1n) is 5.88. The highest BCUT2D eigenvalue weighted by Gasteiger charge is 2.38. The second-order valence-electron chi connectivity index (χ2n) is 3.50. The van der Waals surface area contributed by atoms with Crippen LogP contribution in [0, 0.1) is 0 Å². The lowest BCUT2D eigenvalue weighted by Crippen LogP contribution is -2.50. The summed E-state index contributed by atoms with van der Waals surface area (Å²) in [5.74, 6) is -0.184. The molecule has 5 nitrogen and oxygen atoms in total. The van der Waals surface area contributed by atoms with E-state index in [1.807, 2.05) is 27.3 Å². The molecular formula is C10H25AlO5Si. The van der Waals surface area contributed by atoms with E-state index in [9.17, 15) is 9.90 Å². The van der Waals surface area contributed by atoms with Crippen LogP contribution in [-0.2, 0) is 17.4 Å². The Morgan fingerprint density at radius 2 is 1.65 bits per heavy atom. The maximum atomic E-state index is 9.65. The SMILES string of the molecule is CC(=O)[O][AlH2].CCO[Si](C)(OCC)C(O)CC. The standard InChI is InChI=1S/C8H20O3Si.C2H4O2.Al.2H/c1-5-8(9)12(4,10-6-2)11-7-3;1-2(3)4;;;/h8-9H,5-7H2,1-4H3;1H3,(H,3,4);;;/q;;+1;;/p-1. The van der Waals surface area contributed by atoms with Crippen LogP contribution in [-0.4, -0.2) is 55.2 Å². The van der Waals surface area contributed by atoms with Crippen LogP contribution in [0.1, 0.15) is 34.1 Å². The predicted octanol–water partition coefficient (Wildman–Crippen LogP) is 0.539. The van der Waals surface area contributed by atoms with E-state index in [1.165, 1.54) is 6.92 Å². The van der Waals surface area contributed by atoms with Crippen LogP contribution < -0.4 is 0 Å². The summed E-state index contributed by atoms with van der Waals surface area (Å²) < 4.78 is 15.2. The fraction of sp³-hybridized carbons (Fsp3) is 0.900. The molecule has 17 heavy (non-hydrogen) atoms. The van der Waals surface area contributed by atoms with Crippen LogP contribution in [0.4, 0.5) is 0 Å². The Balaban J connectivity index is 0. The molecule has 0 aliphatic rings. The van der Waals surface area contributed by atoms with Crippen LogP contribution in [0.3, 0.4) is 0 Å². The maximum Gasteiger partial charge on any atom is 0.499 e. The Bertz CT molecular complexity index is 197. The van der Waals surface area contributed by atoms with Gasteiger partial charge >= 0.3 is 25.2 Å². The minimum absolute atomic E-state index is 0.184. The molecule has 0 radical (unpaired) electrons. The first-order valence-corrected chi connectivity index (χ1v) is 9.09. The van der Waals surface area contributed by atoms with Gasteiger partial charge in [-0.2, -0.15) is 0 Å². The first kappa shape index (κ1) is 19.4. The third-order valence-electron chi connectivity index (χ3n) is 2.14. The summed E-state index contributed by atoms with van der Waals surface area (Å²) in [4.78, 5) is 9.62. The van der Waals surface area contributed by atoms with Gasteiger partial charge in [-0.05, 0) is 26.8 Å². The lowest BCUT2D eigenvalue weighted by molar-refractivity contribution is -0.131. The molecule has 0 aliphatic carbocycles. The van der Waals surface area contributed by atoms with Gasteiger partial charge < -0.3 is 17.7 Å². The predicted molar refractivity (Wildman–Crippen MR) is 71.5 cm³/mol. The van der Waals surface area contributed by atoms with Crippen molar-refractivity contribution in [2.24, 2.45) is 0 Å². The summed E-state index contributed by atoms with van der Waals surface area (Å²) in [7, 11) is -2.30. The number of carbonyl (C=O) groups is 1. The summed E-state index contributed by atoms with van der Waals surface area (Å²) in [5, 5.41) is 9.65. The van der Waals surface area contributed by atoms with E-state index in [4.69, 9.17) is 8.85 Å². The van der Waals surface area contributed by atoms with Gasteiger partial charge in [0, 0.05) is 20.1 Å². The number of aliphatic hydroxyl groups excluding tert-OH is 1. The van der Waals surface area contributed by atoms with Crippen molar-refractivity contribution >= 4 is 31.2 Å². The van der Waals surface area contributed by atoms with Gasteiger partial charge in [-0.15, -0.1) is 0 Å².